The summed E-state index contributed by atoms with van der Waals surface area (Å²) < 4.78 is 21.1. The summed E-state index contributed by atoms with van der Waals surface area (Å²) in [6.07, 6.45) is 0. The molecule has 0 unspecified atom stereocenters. The fraction of sp³-hybridized carbons (Fsp3) is 0.154. The molecular weight excluding hydrogens is 436 g/mol. The molecule has 1 aliphatic heterocycles. The van der Waals surface area contributed by atoms with Crippen LogP contribution in [0.4, 0.5) is 11.4 Å². The molecule has 8 heteroatoms. The third-order valence-corrected chi connectivity index (χ3v) is 5.46. The van der Waals surface area contributed by atoms with Gasteiger partial charge in [0, 0.05) is 6.07 Å². The average molecular weight is 460 g/mol. The van der Waals surface area contributed by atoms with Crippen LogP contribution in [0.3, 0.4) is 0 Å². The van der Waals surface area contributed by atoms with Crippen molar-refractivity contribution >= 4 is 28.8 Å². The number of carbonyl (C=O) groups is 2. The van der Waals surface area contributed by atoms with Gasteiger partial charge < -0.3 is 24.3 Å². The first-order valence-corrected chi connectivity index (χ1v) is 10.4. The van der Waals surface area contributed by atoms with Crippen molar-refractivity contribution < 1.29 is 28.5 Å². The standard InChI is InChI=1S/C26H24N2O6/c1-31-18-9-5-16(6-10-18)23-24(27-21-14-13-20(33-3)15-22(21)34-4)26(30)28(25(23)29)17-7-11-19(32-2)12-8-17/h5-15,27H,1-4H3. The van der Waals surface area contributed by atoms with Gasteiger partial charge in [-0.15, -0.1) is 0 Å². The Morgan fingerprint density at radius 3 is 1.76 bits per heavy atom. The van der Waals surface area contributed by atoms with Crippen molar-refractivity contribution in [2.24, 2.45) is 0 Å². The third-order valence-electron chi connectivity index (χ3n) is 5.46. The van der Waals surface area contributed by atoms with E-state index in [1.165, 1.54) is 7.11 Å². The Labute approximate surface area is 197 Å². The second-order valence-electron chi connectivity index (χ2n) is 7.31. The fourth-order valence-electron chi connectivity index (χ4n) is 3.67. The molecule has 0 fully saturated rings. The number of methoxy groups -OCH3 is 4. The Morgan fingerprint density at radius 1 is 0.647 bits per heavy atom. The molecule has 2 amide bonds. The van der Waals surface area contributed by atoms with Crippen molar-refractivity contribution in [2.75, 3.05) is 38.7 Å². The van der Waals surface area contributed by atoms with Gasteiger partial charge in [-0.1, -0.05) is 12.1 Å². The first kappa shape index (κ1) is 22.7. The van der Waals surface area contributed by atoms with Crippen LogP contribution in [0.25, 0.3) is 5.57 Å². The normalized spacial score (nSPS) is 13.2. The Kier molecular flexibility index (Phi) is 6.40. The summed E-state index contributed by atoms with van der Waals surface area (Å²) in [5, 5.41) is 3.12. The van der Waals surface area contributed by atoms with Crippen LogP contribution >= 0.6 is 0 Å². The van der Waals surface area contributed by atoms with Gasteiger partial charge in [-0.3, -0.25) is 9.59 Å². The van der Waals surface area contributed by atoms with Crippen LogP contribution in [0.2, 0.25) is 0 Å². The molecule has 8 nitrogen and oxygen atoms in total. The van der Waals surface area contributed by atoms with Crippen molar-refractivity contribution in [3.63, 3.8) is 0 Å². The zero-order valence-corrected chi connectivity index (χ0v) is 19.2. The number of hydrogen-bond acceptors (Lipinski definition) is 7. The summed E-state index contributed by atoms with van der Waals surface area (Å²) in [6.45, 7) is 0. The minimum Gasteiger partial charge on any atom is -0.497 e. The van der Waals surface area contributed by atoms with Gasteiger partial charge in [-0.05, 0) is 54.1 Å². The van der Waals surface area contributed by atoms with Crippen molar-refractivity contribution in [1.29, 1.82) is 0 Å². The van der Waals surface area contributed by atoms with Gasteiger partial charge in [-0.25, -0.2) is 4.90 Å². The van der Waals surface area contributed by atoms with Gasteiger partial charge in [0.05, 0.1) is 45.4 Å². The lowest BCUT2D eigenvalue weighted by Crippen LogP contribution is -2.32. The van der Waals surface area contributed by atoms with Crippen LogP contribution in [-0.4, -0.2) is 40.3 Å². The second kappa shape index (κ2) is 9.58. The van der Waals surface area contributed by atoms with E-state index in [4.69, 9.17) is 18.9 Å². The Hall–Kier alpha value is -4.46. The van der Waals surface area contributed by atoms with Crippen LogP contribution in [0, 0.1) is 0 Å². The van der Waals surface area contributed by atoms with Crippen LogP contribution in [0.5, 0.6) is 23.0 Å². The molecule has 0 bridgehead atoms. The Morgan fingerprint density at radius 2 is 1.21 bits per heavy atom. The number of rotatable bonds is 8. The molecule has 4 rings (SSSR count). The van der Waals surface area contributed by atoms with Crippen LogP contribution in [0.1, 0.15) is 5.56 Å². The highest BCUT2D eigenvalue weighted by Gasteiger charge is 2.40. The highest BCUT2D eigenvalue weighted by atomic mass is 16.5. The van der Waals surface area contributed by atoms with Crippen molar-refractivity contribution in [3.8, 4) is 23.0 Å². The molecule has 0 saturated heterocycles. The Bertz CT molecular complexity index is 1250. The van der Waals surface area contributed by atoms with E-state index < -0.39 is 11.8 Å². The highest BCUT2D eigenvalue weighted by Crippen LogP contribution is 2.37. The maximum absolute atomic E-state index is 13.6. The minimum absolute atomic E-state index is 0.134. The summed E-state index contributed by atoms with van der Waals surface area (Å²) in [5.74, 6) is 1.38. The average Bonchev–Trinajstić information content (AvgIpc) is 3.13. The van der Waals surface area contributed by atoms with E-state index in [1.807, 2.05) is 0 Å². The fourth-order valence-corrected chi connectivity index (χ4v) is 3.67. The van der Waals surface area contributed by atoms with Crippen molar-refractivity contribution in [3.05, 3.63) is 78.0 Å². The monoisotopic (exact) mass is 460 g/mol. The van der Waals surface area contributed by atoms with E-state index in [0.29, 0.717) is 39.9 Å². The lowest BCUT2D eigenvalue weighted by molar-refractivity contribution is -0.120. The first-order chi connectivity index (χ1) is 16.5. The topological polar surface area (TPSA) is 86.3 Å². The summed E-state index contributed by atoms with van der Waals surface area (Å²) >= 11 is 0. The van der Waals surface area contributed by atoms with Gasteiger partial charge in [0.2, 0.25) is 0 Å². The molecule has 0 atom stereocenters. The van der Waals surface area contributed by atoms with Gasteiger partial charge in [0.1, 0.15) is 28.7 Å². The van der Waals surface area contributed by atoms with Gasteiger partial charge >= 0.3 is 0 Å². The number of imide groups is 1. The largest absolute Gasteiger partial charge is 0.497 e. The summed E-state index contributed by atoms with van der Waals surface area (Å²) in [4.78, 5) is 28.3. The highest BCUT2D eigenvalue weighted by molar-refractivity contribution is 6.46. The first-order valence-electron chi connectivity index (χ1n) is 10.4. The molecule has 174 valence electrons. The van der Waals surface area contributed by atoms with E-state index in [1.54, 1.807) is 88.1 Å². The number of ether oxygens (including phenoxy) is 4. The number of anilines is 2. The van der Waals surface area contributed by atoms with E-state index in [0.717, 1.165) is 4.90 Å². The number of nitrogens with zero attached hydrogens (tertiary/aromatic N) is 1. The maximum atomic E-state index is 13.6. The number of hydrogen-bond donors (Lipinski definition) is 1. The molecule has 0 saturated carbocycles. The van der Waals surface area contributed by atoms with Gasteiger partial charge in [0.15, 0.2) is 0 Å². The van der Waals surface area contributed by atoms with Gasteiger partial charge in [0.25, 0.3) is 11.8 Å². The lowest BCUT2D eigenvalue weighted by Gasteiger charge is -2.16. The molecule has 1 heterocycles. The number of benzene rings is 3. The summed E-state index contributed by atoms with van der Waals surface area (Å²) in [5.41, 5.74) is 1.89. The van der Waals surface area contributed by atoms with Crippen molar-refractivity contribution in [1.82, 2.24) is 0 Å². The molecule has 0 aliphatic carbocycles. The molecule has 34 heavy (non-hydrogen) atoms. The van der Waals surface area contributed by atoms with E-state index >= 15 is 0 Å². The third kappa shape index (κ3) is 4.13. The number of amides is 2. The maximum Gasteiger partial charge on any atom is 0.282 e. The minimum atomic E-state index is -0.487. The molecule has 1 N–H and O–H groups in total. The predicted molar refractivity (Wildman–Crippen MR) is 129 cm³/mol. The quantitative estimate of drug-likeness (QED) is 0.506. The van der Waals surface area contributed by atoms with Crippen molar-refractivity contribution in [2.45, 2.75) is 0 Å². The zero-order chi connectivity index (χ0) is 24.2. The van der Waals surface area contributed by atoms with Crippen LogP contribution < -0.4 is 29.2 Å². The van der Waals surface area contributed by atoms with E-state index in [9.17, 15) is 9.59 Å². The van der Waals surface area contributed by atoms with Gasteiger partial charge in [-0.2, -0.15) is 0 Å². The Balaban J connectivity index is 1.81. The van der Waals surface area contributed by atoms with Crippen LogP contribution in [-0.2, 0) is 9.59 Å². The predicted octanol–water partition coefficient (Wildman–Crippen LogP) is 4.12. The summed E-state index contributed by atoms with van der Waals surface area (Å²) in [6, 6.07) is 18.8. The van der Waals surface area contributed by atoms with E-state index in [2.05, 4.69) is 5.32 Å². The van der Waals surface area contributed by atoms with E-state index in [-0.39, 0.29) is 11.3 Å². The summed E-state index contributed by atoms with van der Waals surface area (Å²) in [7, 11) is 6.18. The molecule has 1 aliphatic rings. The number of nitrogens with one attached hydrogen (secondary N) is 1. The zero-order valence-electron chi connectivity index (χ0n) is 19.2. The molecule has 3 aromatic carbocycles. The molecule has 0 spiro atoms. The molecule has 0 aromatic heterocycles. The molecular formula is C26H24N2O6. The second-order valence-corrected chi connectivity index (χ2v) is 7.31. The SMILES string of the molecule is COc1ccc(C2=C(Nc3ccc(OC)cc3OC)C(=O)N(c3ccc(OC)cc3)C2=O)cc1. The smallest absolute Gasteiger partial charge is 0.282 e. The lowest BCUT2D eigenvalue weighted by atomic mass is 10.0. The number of carbonyl (C=O) groups excluding carboxylic acids is 2. The molecule has 3 aromatic rings. The van der Waals surface area contributed by atoms with Crippen LogP contribution in [0.15, 0.2) is 72.4 Å². The molecule has 0 radical (unpaired) electrons.